The quantitative estimate of drug-likeness (QED) is 0.771. The maximum absolute atomic E-state index is 12.4. The number of benzene rings is 1. The van der Waals surface area contributed by atoms with Gasteiger partial charge in [0, 0.05) is 12.6 Å². The molecule has 0 aliphatic carbocycles. The molecular weight excluding hydrogens is 314 g/mol. The zero-order valence-electron chi connectivity index (χ0n) is 12.6. The van der Waals surface area contributed by atoms with Crippen molar-refractivity contribution >= 4 is 17.5 Å². The van der Waals surface area contributed by atoms with E-state index in [2.05, 4.69) is 10.4 Å². The standard InChI is InChI=1S/C17H16ClN3O2/c1-2-9-19-17(22)15-11-13(16-8-5-10-23-16)20-21(15)14-7-4-3-6-12(14)18/h3-8,10-11H,2,9H2,1H3,(H,19,22). The number of furan rings is 1. The molecule has 2 heterocycles. The van der Waals surface area contributed by atoms with Gasteiger partial charge in [-0.1, -0.05) is 30.7 Å². The maximum atomic E-state index is 12.4. The largest absolute Gasteiger partial charge is 0.463 e. The number of carbonyl (C=O) groups excluding carboxylic acids is 1. The van der Waals surface area contributed by atoms with Crippen molar-refractivity contribution in [3.05, 3.63) is 59.4 Å². The normalized spacial score (nSPS) is 10.7. The molecule has 0 bridgehead atoms. The van der Waals surface area contributed by atoms with Crippen LogP contribution in [0.1, 0.15) is 23.8 Å². The van der Waals surface area contributed by atoms with Crippen molar-refractivity contribution in [2.75, 3.05) is 6.54 Å². The highest BCUT2D eigenvalue weighted by atomic mass is 35.5. The molecular formula is C17H16ClN3O2. The van der Waals surface area contributed by atoms with Gasteiger partial charge in [0.25, 0.3) is 5.91 Å². The van der Waals surface area contributed by atoms with Crippen molar-refractivity contribution in [2.24, 2.45) is 0 Å². The molecule has 5 nitrogen and oxygen atoms in total. The number of hydrogen-bond donors (Lipinski definition) is 1. The number of rotatable bonds is 5. The van der Waals surface area contributed by atoms with Crippen LogP contribution >= 0.6 is 11.6 Å². The van der Waals surface area contributed by atoms with E-state index in [-0.39, 0.29) is 5.91 Å². The van der Waals surface area contributed by atoms with Crippen molar-refractivity contribution in [3.63, 3.8) is 0 Å². The van der Waals surface area contributed by atoms with Crippen LogP contribution in [0.4, 0.5) is 0 Å². The number of nitrogens with zero attached hydrogens (tertiary/aromatic N) is 2. The zero-order chi connectivity index (χ0) is 16.2. The molecule has 0 unspecified atom stereocenters. The second-order valence-electron chi connectivity index (χ2n) is 5.01. The lowest BCUT2D eigenvalue weighted by Gasteiger charge is -2.09. The fourth-order valence-corrected chi connectivity index (χ4v) is 2.44. The predicted molar refractivity (Wildman–Crippen MR) is 88.9 cm³/mol. The Balaban J connectivity index is 2.09. The first-order chi connectivity index (χ1) is 11.2. The molecule has 0 aliphatic heterocycles. The molecule has 1 N–H and O–H groups in total. The Labute approximate surface area is 138 Å². The summed E-state index contributed by atoms with van der Waals surface area (Å²) in [5, 5.41) is 7.87. The Hall–Kier alpha value is -2.53. The number of carbonyl (C=O) groups is 1. The topological polar surface area (TPSA) is 60.1 Å². The van der Waals surface area contributed by atoms with E-state index >= 15 is 0 Å². The minimum absolute atomic E-state index is 0.197. The highest BCUT2D eigenvalue weighted by Gasteiger charge is 2.19. The first kappa shape index (κ1) is 15.4. The molecule has 1 amide bonds. The van der Waals surface area contributed by atoms with Gasteiger partial charge in [-0.2, -0.15) is 5.10 Å². The number of amides is 1. The molecule has 0 radical (unpaired) electrons. The van der Waals surface area contributed by atoms with Gasteiger partial charge in [-0.05, 0) is 30.7 Å². The predicted octanol–water partition coefficient (Wildman–Crippen LogP) is 3.93. The van der Waals surface area contributed by atoms with Crippen LogP contribution in [0.5, 0.6) is 0 Å². The first-order valence-electron chi connectivity index (χ1n) is 7.37. The molecule has 0 saturated carbocycles. The summed E-state index contributed by atoms with van der Waals surface area (Å²) in [4.78, 5) is 12.4. The van der Waals surface area contributed by atoms with E-state index in [1.54, 1.807) is 35.2 Å². The summed E-state index contributed by atoms with van der Waals surface area (Å²) in [6.07, 6.45) is 2.43. The Morgan fingerprint density at radius 1 is 1.30 bits per heavy atom. The third-order valence-corrected chi connectivity index (χ3v) is 3.65. The van der Waals surface area contributed by atoms with Crippen molar-refractivity contribution < 1.29 is 9.21 Å². The van der Waals surface area contributed by atoms with E-state index in [0.717, 1.165) is 6.42 Å². The molecule has 0 spiro atoms. The maximum Gasteiger partial charge on any atom is 0.270 e. The number of halogens is 1. The summed E-state index contributed by atoms with van der Waals surface area (Å²) >= 11 is 6.26. The van der Waals surface area contributed by atoms with Crippen LogP contribution in [-0.2, 0) is 0 Å². The van der Waals surface area contributed by atoms with E-state index in [9.17, 15) is 4.79 Å². The number of aromatic nitrogens is 2. The average Bonchev–Trinajstić information content (AvgIpc) is 3.22. The number of nitrogens with one attached hydrogen (secondary N) is 1. The Bertz CT molecular complexity index is 809. The minimum Gasteiger partial charge on any atom is -0.463 e. The zero-order valence-corrected chi connectivity index (χ0v) is 13.4. The van der Waals surface area contributed by atoms with E-state index < -0.39 is 0 Å². The summed E-state index contributed by atoms with van der Waals surface area (Å²) < 4.78 is 6.92. The Morgan fingerprint density at radius 3 is 2.83 bits per heavy atom. The van der Waals surface area contributed by atoms with Gasteiger partial charge in [0.05, 0.1) is 17.0 Å². The highest BCUT2D eigenvalue weighted by molar-refractivity contribution is 6.32. The van der Waals surface area contributed by atoms with Gasteiger partial charge in [0.15, 0.2) is 5.76 Å². The van der Waals surface area contributed by atoms with Crippen LogP contribution in [0.2, 0.25) is 5.02 Å². The van der Waals surface area contributed by atoms with Crippen LogP contribution in [0, 0.1) is 0 Å². The van der Waals surface area contributed by atoms with Crippen LogP contribution < -0.4 is 5.32 Å². The fourth-order valence-electron chi connectivity index (χ4n) is 2.22. The molecule has 118 valence electrons. The van der Waals surface area contributed by atoms with Crippen LogP contribution in [0.25, 0.3) is 17.1 Å². The molecule has 0 atom stereocenters. The summed E-state index contributed by atoms with van der Waals surface area (Å²) in [5.74, 6) is 0.400. The average molecular weight is 330 g/mol. The highest BCUT2D eigenvalue weighted by Crippen LogP contribution is 2.25. The van der Waals surface area contributed by atoms with E-state index in [1.165, 1.54) is 0 Å². The third kappa shape index (κ3) is 3.14. The lowest BCUT2D eigenvalue weighted by Crippen LogP contribution is -2.26. The van der Waals surface area contributed by atoms with Gasteiger partial charge in [0.1, 0.15) is 11.4 Å². The molecule has 23 heavy (non-hydrogen) atoms. The molecule has 3 rings (SSSR count). The van der Waals surface area contributed by atoms with Gasteiger partial charge in [-0.25, -0.2) is 4.68 Å². The summed E-state index contributed by atoms with van der Waals surface area (Å²) in [6, 6.07) is 12.5. The van der Waals surface area contributed by atoms with E-state index in [0.29, 0.717) is 34.4 Å². The van der Waals surface area contributed by atoms with Gasteiger partial charge in [0.2, 0.25) is 0 Å². The van der Waals surface area contributed by atoms with Gasteiger partial charge in [-0.15, -0.1) is 0 Å². The van der Waals surface area contributed by atoms with Gasteiger partial charge in [-0.3, -0.25) is 4.79 Å². The lowest BCUT2D eigenvalue weighted by atomic mass is 10.2. The second kappa shape index (κ2) is 6.71. The van der Waals surface area contributed by atoms with Crippen molar-refractivity contribution in [3.8, 4) is 17.1 Å². The van der Waals surface area contributed by atoms with Gasteiger partial charge < -0.3 is 9.73 Å². The fraction of sp³-hybridized carbons (Fsp3) is 0.176. The number of hydrogen-bond acceptors (Lipinski definition) is 3. The van der Waals surface area contributed by atoms with Crippen LogP contribution in [0.15, 0.2) is 53.1 Å². The minimum atomic E-state index is -0.197. The SMILES string of the molecule is CCCNC(=O)c1cc(-c2ccco2)nn1-c1ccccc1Cl. The summed E-state index contributed by atoms with van der Waals surface area (Å²) in [7, 11) is 0. The van der Waals surface area contributed by atoms with E-state index in [4.69, 9.17) is 16.0 Å². The monoisotopic (exact) mass is 329 g/mol. The Morgan fingerprint density at radius 2 is 2.13 bits per heavy atom. The van der Waals surface area contributed by atoms with E-state index in [1.807, 2.05) is 25.1 Å². The second-order valence-corrected chi connectivity index (χ2v) is 5.42. The molecule has 0 saturated heterocycles. The Kier molecular flexibility index (Phi) is 4.48. The summed E-state index contributed by atoms with van der Waals surface area (Å²) in [6.45, 7) is 2.60. The van der Waals surface area contributed by atoms with Crippen molar-refractivity contribution in [1.29, 1.82) is 0 Å². The van der Waals surface area contributed by atoms with Gasteiger partial charge >= 0.3 is 0 Å². The molecule has 3 aromatic rings. The molecule has 0 aliphatic rings. The molecule has 2 aromatic heterocycles. The smallest absolute Gasteiger partial charge is 0.270 e. The molecule has 1 aromatic carbocycles. The first-order valence-corrected chi connectivity index (χ1v) is 7.75. The van der Waals surface area contributed by atoms with Crippen molar-refractivity contribution in [1.82, 2.24) is 15.1 Å². The summed E-state index contributed by atoms with van der Waals surface area (Å²) in [5.41, 5.74) is 1.64. The van der Waals surface area contributed by atoms with Crippen LogP contribution in [0.3, 0.4) is 0 Å². The van der Waals surface area contributed by atoms with Crippen LogP contribution in [-0.4, -0.2) is 22.2 Å². The third-order valence-electron chi connectivity index (χ3n) is 3.33. The lowest BCUT2D eigenvalue weighted by molar-refractivity contribution is 0.0946. The number of para-hydroxylation sites is 1. The molecule has 0 fully saturated rings. The molecule has 6 heteroatoms. The van der Waals surface area contributed by atoms with Crippen molar-refractivity contribution in [2.45, 2.75) is 13.3 Å².